The average Bonchev–Trinajstić information content (AvgIpc) is 3.08. The molecule has 29 heavy (non-hydrogen) atoms. The van der Waals surface area contributed by atoms with E-state index in [1.54, 1.807) is 30.3 Å². The fourth-order valence-corrected chi connectivity index (χ4v) is 5.90. The molecule has 1 aromatic heterocycles. The van der Waals surface area contributed by atoms with Crippen molar-refractivity contribution in [2.24, 2.45) is 0 Å². The summed E-state index contributed by atoms with van der Waals surface area (Å²) in [5.41, 5.74) is 0.903. The summed E-state index contributed by atoms with van der Waals surface area (Å²) in [6, 6.07) is 14.1. The number of aryl methyl sites for hydroxylation is 1. The number of benzene rings is 2. The molecule has 0 unspecified atom stereocenters. The van der Waals surface area contributed by atoms with E-state index in [4.69, 9.17) is 0 Å². The van der Waals surface area contributed by atoms with E-state index in [1.807, 2.05) is 6.92 Å². The van der Waals surface area contributed by atoms with Gasteiger partial charge in [-0.2, -0.15) is 0 Å². The molecule has 0 fully saturated rings. The summed E-state index contributed by atoms with van der Waals surface area (Å²) in [7, 11) is -7.40. The van der Waals surface area contributed by atoms with E-state index < -0.39 is 31.3 Å². The van der Waals surface area contributed by atoms with E-state index in [-0.39, 0.29) is 25.7 Å². The highest BCUT2D eigenvalue weighted by Gasteiger charge is 2.22. The number of sulfone groups is 2. The Morgan fingerprint density at radius 3 is 2.17 bits per heavy atom. The van der Waals surface area contributed by atoms with Crippen LogP contribution in [0, 0.1) is 6.92 Å². The van der Waals surface area contributed by atoms with Gasteiger partial charge in [-0.15, -0.1) is 10.2 Å². The Morgan fingerprint density at radius 1 is 0.897 bits per heavy atom. The summed E-state index contributed by atoms with van der Waals surface area (Å²) in [4.78, 5) is 12.3. The molecule has 2 aromatic carbocycles. The van der Waals surface area contributed by atoms with Crippen molar-refractivity contribution in [2.45, 2.75) is 22.5 Å². The van der Waals surface area contributed by atoms with Crippen molar-refractivity contribution in [2.75, 3.05) is 11.1 Å². The van der Waals surface area contributed by atoms with Gasteiger partial charge in [-0.25, -0.2) is 16.8 Å². The van der Waals surface area contributed by atoms with E-state index in [1.165, 1.54) is 24.3 Å². The Balaban J connectivity index is 1.65. The number of amides is 1. The smallest absolute Gasteiger partial charge is 0.241 e. The zero-order valence-corrected chi connectivity index (χ0v) is 17.7. The summed E-state index contributed by atoms with van der Waals surface area (Å²) in [5, 5.41) is 10.1. The molecule has 1 heterocycles. The van der Waals surface area contributed by atoms with Gasteiger partial charge in [-0.1, -0.05) is 47.2 Å². The first-order valence-electron chi connectivity index (χ1n) is 8.35. The molecule has 0 aliphatic rings. The molecule has 152 valence electrons. The number of hydrogen-bond acceptors (Lipinski definition) is 8. The summed E-state index contributed by atoms with van der Waals surface area (Å²) < 4.78 is 49.4. The summed E-state index contributed by atoms with van der Waals surface area (Å²) >= 11 is 0.878. The van der Waals surface area contributed by atoms with Crippen LogP contribution in [0.4, 0.5) is 5.13 Å². The van der Waals surface area contributed by atoms with Crippen LogP contribution in [-0.2, 0) is 30.2 Å². The maximum absolute atomic E-state index is 12.4. The van der Waals surface area contributed by atoms with Crippen LogP contribution in [0.15, 0.2) is 64.4 Å². The molecule has 1 N–H and O–H groups in total. The summed E-state index contributed by atoms with van der Waals surface area (Å²) in [5.74, 6) is -1.90. The van der Waals surface area contributed by atoms with Crippen LogP contribution in [0.5, 0.6) is 0 Å². The maximum atomic E-state index is 12.4. The Morgan fingerprint density at radius 2 is 1.52 bits per heavy atom. The lowest BCUT2D eigenvalue weighted by Crippen LogP contribution is -2.23. The van der Waals surface area contributed by atoms with Crippen molar-refractivity contribution in [1.29, 1.82) is 0 Å². The zero-order chi connectivity index (χ0) is 21.1. The van der Waals surface area contributed by atoms with Gasteiger partial charge in [0.1, 0.15) is 16.5 Å². The number of hydrogen-bond donors (Lipinski definition) is 1. The van der Waals surface area contributed by atoms with Crippen molar-refractivity contribution < 1.29 is 21.6 Å². The number of aromatic nitrogens is 2. The van der Waals surface area contributed by atoms with Gasteiger partial charge in [-0.3, -0.25) is 10.1 Å². The van der Waals surface area contributed by atoms with Crippen LogP contribution in [-0.4, -0.2) is 38.7 Å². The minimum Gasteiger partial charge on any atom is -0.300 e. The Hall–Kier alpha value is -2.63. The molecule has 0 aliphatic heterocycles. The minimum absolute atomic E-state index is 0.0346. The Kier molecular flexibility index (Phi) is 6.10. The molecule has 11 heteroatoms. The fourth-order valence-electron chi connectivity index (χ4n) is 2.39. The molecule has 0 saturated heterocycles. The summed E-state index contributed by atoms with van der Waals surface area (Å²) in [6.45, 7) is 1.83. The quantitative estimate of drug-likeness (QED) is 0.584. The maximum Gasteiger partial charge on any atom is 0.241 e. The SMILES string of the molecule is Cc1ccc(S(=O)(=O)CC(=O)Nc2nnc(CS(=O)(=O)c3ccccc3)s2)cc1. The molecular formula is C18H17N3O5S3. The van der Waals surface area contributed by atoms with Crippen molar-refractivity contribution in [3.63, 3.8) is 0 Å². The van der Waals surface area contributed by atoms with Gasteiger partial charge < -0.3 is 0 Å². The second kappa shape index (κ2) is 8.39. The first-order chi connectivity index (χ1) is 13.7. The lowest BCUT2D eigenvalue weighted by Gasteiger charge is -2.04. The highest BCUT2D eigenvalue weighted by atomic mass is 32.2. The third kappa shape index (κ3) is 5.46. The summed E-state index contributed by atoms with van der Waals surface area (Å²) in [6.07, 6.45) is 0. The molecule has 1 amide bonds. The van der Waals surface area contributed by atoms with Gasteiger partial charge in [0.05, 0.1) is 9.79 Å². The van der Waals surface area contributed by atoms with Gasteiger partial charge >= 0.3 is 0 Å². The standard InChI is InChI=1S/C18H17N3O5S3/c1-13-7-9-15(10-8-13)28(23,24)11-16(22)19-18-21-20-17(27-18)12-29(25,26)14-5-3-2-4-6-14/h2-10H,11-12H2,1H3,(H,19,21,22). The molecule has 0 bridgehead atoms. The third-order valence-electron chi connectivity index (χ3n) is 3.83. The van der Waals surface area contributed by atoms with Crippen LogP contribution < -0.4 is 5.32 Å². The Bertz CT molecular complexity index is 1220. The van der Waals surface area contributed by atoms with Crippen molar-refractivity contribution in [1.82, 2.24) is 10.2 Å². The van der Waals surface area contributed by atoms with Gasteiger partial charge in [0.15, 0.2) is 19.7 Å². The predicted molar refractivity (Wildman–Crippen MR) is 109 cm³/mol. The second-order valence-corrected chi connectivity index (χ2v) is 11.2. The normalized spacial score (nSPS) is 11.9. The molecular weight excluding hydrogens is 434 g/mol. The minimum atomic E-state index is -3.81. The number of anilines is 1. The van der Waals surface area contributed by atoms with E-state index in [0.717, 1.165) is 16.9 Å². The van der Waals surface area contributed by atoms with E-state index in [9.17, 15) is 21.6 Å². The molecule has 3 rings (SSSR count). The van der Waals surface area contributed by atoms with Crippen LogP contribution >= 0.6 is 11.3 Å². The molecule has 0 saturated carbocycles. The second-order valence-electron chi connectivity index (χ2n) is 6.19. The molecule has 0 aliphatic carbocycles. The van der Waals surface area contributed by atoms with Gasteiger partial charge in [0.25, 0.3) is 0 Å². The van der Waals surface area contributed by atoms with Gasteiger partial charge in [0, 0.05) is 0 Å². The van der Waals surface area contributed by atoms with Crippen LogP contribution in [0.1, 0.15) is 10.6 Å². The predicted octanol–water partition coefficient (Wildman–Crippen LogP) is 2.23. The molecule has 0 spiro atoms. The lowest BCUT2D eigenvalue weighted by atomic mass is 10.2. The number of carbonyl (C=O) groups excluding carboxylic acids is 1. The monoisotopic (exact) mass is 451 g/mol. The van der Waals surface area contributed by atoms with E-state index >= 15 is 0 Å². The highest BCUT2D eigenvalue weighted by molar-refractivity contribution is 7.92. The van der Waals surface area contributed by atoms with Crippen molar-refractivity contribution >= 4 is 42.1 Å². The van der Waals surface area contributed by atoms with Crippen molar-refractivity contribution in [3.05, 3.63) is 65.2 Å². The topological polar surface area (TPSA) is 123 Å². The van der Waals surface area contributed by atoms with Crippen LogP contribution in [0.25, 0.3) is 0 Å². The van der Waals surface area contributed by atoms with Crippen molar-refractivity contribution in [3.8, 4) is 0 Å². The Labute approximate surface area is 172 Å². The first-order valence-corrected chi connectivity index (χ1v) is 12.5. The average molecular weight is 452 g/mol. The number of rotatable bonds is 7. The number of nitrogens with one attached hydrogen (secondary N) is 1. The highest BCUT2D eigenvalue weighted by Crippen LogP contribution is 2.21. The number of nitrogens with zero attached hydrogens (tertiary/aromatic N) is 2. The molecule has 0 radical (unpaired) electrons. The van der Waals surface area contributed by atoms with Gasteiger partial charge in [0.2, 0.25) is 11.0 Å². The first kappa shape index (κ1) is 21.1. The van der Waals surface area contributed by atoms with Crippen LogP contribution in [0.3, 0.4) is 0 Å². The molecule has 0 atom stereocenters. The third-order valence-corrected chi connectivity index (χ3v) is 8.13. The number of carbonyl (C=O) groups is 1. The van der Waals surface area contributed by atoms with Gasteiger partial charge in [-0.05, 0) is 31.2 Å². The largest absolute Gasteiger partial charge is 0.300 e. The van der Waals surface area contributed by atoms with Crippen LogP contribution in [0.2, 0.25) is 0 Å². The molecule has 8 nitrogen and oxygen atoms in total. The van der Waals surface area contributed by atoms with E-state index in [2.05, 4.69) is 15.5 Å². The molecule has 3 aromatic rings. The fraction of sp³-hybridized carbons (Fsp3) is 0.167. The zero-order valence-electron chi connectivity index (χ0n) is 15.3. The van der Waals surface area contributed by atoms with E-state index in [0.29, 0.717) is 0 Å². The lowest BCUT2D eigenvalue weighted by molar-refractivity contribution is -0.113.